The quantitative estimate of drug-likeness (QED) is 0.0912. The summed E-state index contributed by atoms with van der Waals surface area (Å²) in [6, 6.07) is 18.0. The highest BCUT2D eigenvalue weighted by Gasteiger charge is 2.76. The van der Waals surface area contributed by atoms with Crippen LogP contribution < -0.4 is 23.7 Å². The normalized spacial score (nSPS) is 23.1. The monoisotopic (exact) mass is 738 g/mol. The van der Waals surface area contributed by atoms with E-state index < -0.39 is 52.5 Å². The maximum Gasteiger partial charge on any atom is 0.356 e. The van der Waals surface area contributed by atoms with Crippen LogP contribution in [0.3, 0.4) is 0 Å². The molecule has 4 atom stereocenters. The van der Waals surface area contributed by atoms with Gasteiger partial charge in [0.1, 0.15) is 35.4 Å². The van der Waals surface area contributed by atoms with Gasteiger partial charge in [-0.25, -0.2) is 4.79 Å². The van der Waals surface area contributed by atoms with E-state index in [9.17, 15) is 19.2 Å². The van der Waals surface area contributed by atoms with Gasteiger partial charge in [-0.05, 0) is 37.5 Å². The smallest absolute Gasteiger partial charge is 0.356 e. The second-order valence-corrected chi connectivity index (χ2v) is 14.5. The number of hydrogen-bond acceptors (Lipinski definition) is 12. The van der Waals surface area contributed by atoms with Crippen molar-refractivity contribution in [1.82, 2.24) is 0 Å². The maximum absolute atomic E-state index is 14.3. The Labute approximate surface area is 312 Å². The van der Waals surface area contributed by atoms with Crippen LogP contribution in [0, 0.1) is 10.8 Å². The topological polar surface area (TPSA) is 142 Å². The van der Waals surface area contributed by atoms with Gasteiger partial charge in [-0.2, -0.15) is 0 Å². The average Bonchev–Trinajstić information content (AvgIpc) is 3.44. The summed E-state index contributed by atoms with van der Waals surface area (Å²) >= 11 is 0. The molecule has 0 unspecified atom stereocenters. The van der Waals surface area contributed by atoms with E-state index in [4.69, 9.17) is 37.9 Å². The first kappa shape index (κ1) is 36.6. The minimum Gasteiger partial charge on any atom is -0.496 e. The summed E-state index contributed by atoms with van der Waals surface area (Å²) in [5.74, 6) is -1.14. The number of carbonyl (C=O) groups is 4. The molecule has 0 aromatic heterocycles. The summed E-state index contributed by atoms with van der Waals surface area (Å²) in [5.41, 5.74) is -0.915. The number of methoxy groups -OCH3 is 3. The van der Waals surface area contributed by atoms with Crippen molar-refractivity contribution < 1.29 is 57.1 Å². The molecule has 1 saturated heterocycles. The van der Waals surface area contributed by atoms with Crippen LogP contribution in [0.25, 0.3) is 21.9 Å². The molecule has 1 saturated carbocycles. The molecule has 12 heteroatoms. The standard InChI is InChI=1S/C42H42O12/c1-22(43)51-35-27-19-25(53-39(46)42-18-17-41(5,38(45)54-42)40(42,3)4)20-29(50-21-24-13-10-9-11-14-24)30(27)32-33(37(35)52-23(2)44)36(49-8)31-26(34(32)48-7)15-12-16-28(31)47-6/h9-16,19-20,35,37H,17-18,21H2,1-8H3/t35-,37-,41+,42-/m1/s1. The highest BCUT2D eigenvalue weighted by atomic mass is 16.6. The Kier molecular flexibility index (Phi) is 8.98. The highest BCUT2D eigenvalue weighted by molar-refractivity contribution is 6.07. The number of carbonyl (C=O) groups excluding carboxylic acids is 4. The number of fused-ring (bicyclic) bond motifs is 6. The fourth-order valence-electron chi connectivity index (χ4n) is 8.39. The zero-order chi connectivity index (χ0) is 38.7. The first-order chi connectivity index (χ1) is 25.7. The van der Waals surface area contributed by atoms with Crippen LogP contribution in [0.15, 0.2) is 60.7 Å². The lowest BCUT2D eigenvalue weighted by Gasteiger charge is -2.37. The summed E-state index contributed by atoms with van der Waals surface area (Å²) in [6.45, 7) is 8.07. The molecule has 282 valence electrons. The summed E-state index contributed by atoms with van der Waals surface area (Å²) < 4.78 is 48.6. The van der Waals surface area contributed by atoms with Gasteiger partial charge in [0.05, 0.1) is 37.7 Å². The lowest BCUT2D eigenvalue weighted by atomic mass is 9.66. The van der Waals surface area contributed by atoms with Crippen molar-refractivity contribution >= 4 is 34.6 Å². The lowest BCUT2D eigenvalue weighted by molar-refractivity contribution is -0.176. The Balaban J connectivity index is 1.52. The number of benzene rings is 4. The van der Waals surface area contributed by atoms with Crippen molar-refractivity contribution in [2.24, 2.45) is 10.8 Å². The summed E-state index contributed by atoms with van der Waals surface area (Å²) in [6.07, 6.45) is -1.82. The molecular weight excluding hydrogens is 696 g/mol. The van der Waals surface area contributed by atoms with E-state index in [-0.39, 0.29) is 24.5 Å². The molecular formula is C42H42O12. The second kappa shape index (κ2) is 13.3. The van der Waals surface area contributed by atoms with E-state index >= 15 is 0 Å². The molecule has 4 aromatic carbocycles. The fourth-order valence-corrected chi connectivity index (χ4v) is 8.39. The van der Waals surface area contributed by atoms with Gasteiger partial charge in [0.15, 0.2) is 12.2 Å². The third-order valence-corrected chi connectivity index (χ3v) is 11.5. The van der Waals surface area contributed by atoms with Crippen molar-refractivity contribution in [3.05, 3.63) is 77.4 Å². The van der Waals surface area contributed by atoms with Crippen molar-refractivity contribution in [2.75, 3.05) is 21.3 Å². The number of esters is 4. The van der Waals surface area contributed by atoms with E-state index in [0.717, 1.165) is 5.56 Å². The zero-order valence-electron chi connectivity index (χ0n) is 31.4. The second-order valence-electron chi connectivity index (χ2n) is 14.5. The molecule has 54 heavy (non-hydrogen) atoms. The van der Waals surface area contributed by atoms with Gasteiger partial charge in [0.25, 0.3) is 0 Å². The van der Waals surface area contributed by atoms with Gasteiger partial charge in [0, 0.05) is 47.4 Å². The SMILES string of the molecule is COc1c2c(c(OC)c3c(OC)cccc13)[C@@H](OC(C)=O)[C@H](OC(C)=O)c1cc(OC(=O)[C@@]34CC[C@@](C)(C(=O)O3)C4(C)C)cc(OCc3ccccc3)c1-2. The zero-order valence-corrected chi connectivity index (χ0v) is 31.4. The fraction of sp³-hybridized carbons (Fsp3) is 0.381. The molecule has 1 aliphatic heterocycles. The molecule has 2 bridgehead atoms. The van der Waals surface area contributed by atoms with Gasteiger partial charge in [-0.3, -0.25) is 14.4 Å². The third-order valence-electron chi connectivity index (χ3n) is 11.5. The maximum atomic E-state index is 14.3. The predicted molar refractivity (Wildman–Crippen MR) is 194 cm³/mol. The number of ether oxygens (including phenoxy) is 8. The van der Waals surface area contributed by atoms with E-state index in [1.807, 2.05) is 63.2 Å². The van der Waals surface area contributed by atoms with Gasteiger partial charge in [-0.1, -0.05) is 56.3 Å². The largest absolute Gasteiger partial charge is 0.496 e. The van der Waals surface area contributed by atoms with Crippen LogP contribution in [-0.2, 0) is 40.0 Å². The predicted octanol–water partition coefficient (Wildman–Crippen LogP) is 7.36. The Hall–Kier alpha value is -5.78. The van der Waals surface area contributed by atoms with Crippen molar-refractivity contribution in [3.63, 3.8) is 0 Å². The molecule has 0 spiro atoms. The third kappa shape index (κ3) is 5.33. The number of rotatable bonds is 10. The molecule has 2 fully saturated rings. The average molecular weight is 739 g/mol. The molecule has 0 radical (unpaired) electrons. The lowest BCUT2D eigenvalue weighted by Crippen LogP contribution is -2.50. The summed E-state index contributed by atoms with van der Waals surface area (Å²) in [7, 11) is 4.52. The Morgan fingerprint density at radius 2 is 1.46 bits per heavy atom. The van der Waals surface area contributed by atoms with Gasteiger partial charge in [0.2, 0.25) is 5.60 Å². The molecule has 0 N–H and O–H groups in total. The van der Waals surface area contributed by atoms with Crippen LogP contribution in [0.4, 0.5) is 0 Å². The van der Waals surface area contributed by atoms with E-state index in [2.05, 4.69) is 0 Å². The van der Waals surface area contributed by atoms with Crippen molar-refractivity contribution in [3.8, 4) is 39.9 Å². The van der Waals surface area contributed by atoms with Crippen LogP contribution in [0.2, 0.25) is 0 Å². The summed E-state index contributed by atoms with van der Waals surface area (Å²) in [4.78, 5) is 53.1. The molecule has 12 nitrogen and oxygen atoms in total. The Bertz CT molecular complexity index is 2210. The van der Waals surface area contributed by atoms with Crippen LogP contribution in [-0.4, -0.2) is 50.8 Å². The van der Waals surface area contributed by atoms with E-state index in [0.29, 0.717) is 56.7 Å². The van der Waals surface area contributed by atoms with Gasteiger partial charge >= 0.3 is 23.9 Å². The van der Waals surface area contributed by atoms with E-state index in [1.54, 1.807) is 18.2 Å². The number of hydrogen-bond donors (Lipinski definition) is 0. The molecule has 1 heterocycles. The van der Waals surface area contributed by atoms with E-state index in [1.165, 1.54) is 35.2 Å². The van der Waals surface area contributed by atoms with Crippen LogP contribution in [0.1, 0.15) is 76.4 Å². The molecule has 4 aromatic rings. The highest BCUT2D eigenvalue weighted by Crippen LogP contribution is 2.66. The van der Waals surface area contributed by atoms with Gasteiger partial charge < -0.3 is 37.9 Å². The molecule has 7 rings (SSSR count). The molecule has 0 amide bonds. The first-order valence-electron chi connectivity index (χ1n) is 17.6. The molecule has 3 aliphatic rings. The van der Waals surface area contributed by atoms with Crippen molar-refractivity contribution in [2.45, 2.75) is 71.9 Å². The van der Waals surface area contributed by atoms with Crippen LogP contribution >= 0.6 is 0 Å². The minimum absolute atomic E-state index is 0.0270. The van der Waals surface area contributed by atoms with Crippen LogP contribution in [0.5, 0.6) is 28.7 Å². The Morgan fingerprint density at radius 1 is 0.778 bits per heavy atom. The van der Waals surface area contributed by atoms with Gasteiger partial charge in [-0.15, -0.1) is 0 Å². The van der Waals surface area contributed by atoms with Crippen molar-refractivity contribution in [1.29, 1.82) is 0 Å². The Morgan fingerprint density at radius 3 is 2.06 bits per heavy atom. The summed E-state index contributed by atoms with van der Waals surface area (Å²) in [5, 5.41) is 1.15. The minimum atomic E-state index is -1.53. The molecule has 2 aliphatic carbocycles. The first-order valence-corrected chi connectivity index (χ1v) is 17.6.